The number of nitrogens with zero attached hydrogens (tertiary/aromatic N) is 2. The Hall–Kier alpha value is -1.83. The van der Waals surface area contributed by atoms with Crippen LogP contribution in [-0.4, -0.2) is 43.2 Å². The van der Waals surface area contributed by atoms with Crippen LogP contribution < -0.4 is 10.2 Å². The van der Waals surface area contributed by atoms with E-state index >= 15 is 0 Å². The number of aromatic nitrogens is 1. The predicted octanol–water partition coefficient (Wildman–Crippen LogP) is 2.86. The lowest BCUT2D eigenvalue weighted by atomic mass is 10.1. The molecule has 1 aromatic heterocycles. The van der Waals surface area contributed by atoms with Crippen molar-refractivity contribution in [1.82, 2.24) is 10.3 Å². The van der Waals surface area contributed by atoms with Gasteiger partial charge in [0.15, 0.2) is 0 Å². The van der Waals surface area contributed by atoms with E-state index < -0.39 is 11.7 Å². The van der Waals surface area contributed by atoms with Crippen molar-refractivity contribution in [3.8, 4) is 0 Å². The molecule has 0 aromatic carbocycles. The Morgan fingerprint density at radius 2 is 2.20 bits per heavy atom. The van der Waals surface area contributed by atoms with Crippen molar-refractivity contribution in [2.45, 2.75) is 39.0 Å². The third-order valence-corrected chi connectivity index (χ3v) is 4.03. The number of carbonyl (C=O) groups is 1. The topological polar surface area (TPSA) is 54.5 Å². The number of rotatable bonds is 7. The number of nitrogens with one attached hydrogen (secondary N) is 1. The van der Waals surface area contributed by atoms with Crippen molar-refractivity contribution in [2.24, 2.45) is 5.92 Å². The van der Waals surface area contributed by atoms with Gasteiger partial charge in [-0.15, -0.1) is 0 Å². The molecule has 2 rings (SSSR count). The van der Waals surface area contributed by atoms with Crippen molar-refractivity contribution in [3.63, 3.8) is 0 Å². The minimum absolute atomic E-state index is 0.0287. The number of hydrogen-bond donors (Lipinski definition) is 1. The second-order valence-corrected chi connectivity index (χ2v) is 6.40. The minimum Gasteiger partial charge on any atom is -0.379 e. The number of anilines is 1. The van der Waals surface area contributed by atoms with Crippen LogP contribution in [0.4, 0.5) is 19.0 Å². The molecule has 1 N–H and O–H groups in total. The maximum atomic E-state index is 12.6. The first-order valence-electron chi connectivity index (χ1n) is 8.45. The normalized spacial score (nSPS) is 18.0. The number of amides is 1. The van der Waals surface area contributed by atoms with Crippen LogP contribution in [0.3, 0.4) is 0 Å². The summed E-state index contributed by atoms with van der Waals surface area (Å²) in [7, 11) is 0. The SMILES string of the molecule is CC(C)OCCCNC(=O)C1CCN(c2ccc(C(F)(F)F)cn2)C1. The quantitative estimate of drug-likeness (QED) is 0.761. The molecule has 1 aliphatic heterocycles. The van der Waals surface area contributed by atoms with Crippen LogP contribution in [0.2, 0.25) is 0 Å². The highest BCUT2D eigenvalue weighted by atomic mass is 19.4. The van der Waals surface area contributed by atoms with Crippen LogP contribution in [0.15, 0.2) is 18.3 Å². The number of carbonyl (C=O) groups excluding carboxylic acids is 1. The largest absolute Gasteiger partial charge is 0.417 e. The summed E-state index contributed by atoms with van der Waals surface area (Å²) in [6.07, 6.45) is -1.97. The molecule has 8 heteroatoms. The molecule has 0 bridgehead atoms. The lowest BCUT2D eigenvalue weighted by Gasteiger charge is -2.18. The van der Waals surface area contributed by atoms with Gasteiger partial charge in [-0.2, -0.15) is 13.2 Å². The molecule has 0 spiro atoms. The molecule has 5 nitrogen and oxygen atoms in total. The molecule has 1 atom stereocenters. The molecule has 1 amide bonds. The van der Waals surface area contributed by atoms with Crippen LogP contribution in [0.5, 0.6) is 0 Å². The van der Waals surface area contributed by atoms with E-state index in [-0.39, 0.29) is 17.9 Å². The second-order valence-electron chi connectivity index (χ2n) is 6.40. The molecule has 1 aliphatic rings. The highest BCUT2D eigenvalue weighted by molar-refractivity contribution is 5.80. The fourth-order valence-electron chi connectivity index (χ4n) is 2.67. The highest BCUT2D eigenvalue weighted by Crippen LogP contribution is 2.30. The Morgan fingerprint density at radius 1 is 1.44 bits per heavy atom. The lowest BCUT2D eigenvalue weighted by Crippen LogP contribution is -2.34. The molecule has 0 saturated carbocycles. The molecular weight excluding hydrogens is 335 g/mol. The smallest absolute Gasteiger partial charge is 0.379 e. The Morgan fingerprint density at radius 3 is 2.80 bits per heavy atom. The van der Waals surface area contributed by atoms with Crippen LogP contribution in [0.25, 0.3) is 0 Å². The maximum absolute atomic E-state index is 12.6. The van der Waals surface area contributed by atoms with E-state index in [1.165, 1.54) is 6.07 Å². The summed E-state index contributed by atoms with van der Waals surface area (Å²) in [6, 6.07) is 2.37. The number of pyridine rings is 1. The van der Waals surface area contributed by atoms with Crippen molar-refractivity contribution >= 4 is 11.7 Å². The highest BCUT2D eigenvalue weighted by Gasteiger charge is 2.32. The van der Waals surface area contributed by atoms with E-state index in [0.29, 0.717) is 38.5 Å². The Kier molecular flexibility index (Phi) is 6.64. The van der Waals surface area contributed by atoms with Crippen LogP contribution in [-0.2, 0) is 15.7 Å². The van der Waals surface area contributed by atoms with E-state index in [2.05, 4.69) is 10.3 Å². The van der Waals surface area contributed by atoms with E-state index in [1.807, 2.05) is 18.7 Å². The summed E-state index contributed by atoms with van der Waals surface area (Å²) in [4.78, 5) is 17.9. The molecule has 1 aromatic rings. The van der Waals surface area contributed by atoms with Gasteiger partial charge in [-0.1, -0.05) is 0 Å². The summed E-state index contributed by atoms with van der Waals surface area (Å²) >= 11 is 0. The second kappa shape index (κ2) is 8.51. The summed E-state index contributed by atoms with van der Waals surface area (Å²) in [5.74, 6) is 0.266. The number of alkyl halides is 3. The first-order valence-corrected chi connectivity index (χ1v) is 8.45. The third kappa shape index (κ3) is 5.88. The zero-order chi connectivity index (χ0) is 18.4. The van der Waals surface area contributed by atoms with Gasteiger partial charge in [0, 0.05) is 32.4 Å². The average molecular weight is 359 g/mol. The molecule has 25 heavy (non-hydrogen) atoms. The molecule has 1 fully saturated rings. The van der Waals surface area contributed by atoms with Gasteiger partial charge in [-0.05, 0) is 38.8 Å². The summed E-state index contributed by atoms with van der Waals surface area (Å²) in [5.41, 5.74) is -0.770. The van der Waals surface area contributed by atoms with E-state index in [9.17, 15) is 18.0 Å². The molecule has 1 saturated heterocycles. The van der Waals surface area contributed by atoms with Gasteiger partial charge >= 0.3 is 6.18 Å². The van der Waals surface area contributed by atoms with Gasteiger partial charge in [0.1, 0.15) is 5.82 Å². The Bertz CT molecular complexity index is 561. The first kappa shape index (κ1) is 19.5. The summed E-state index contributed by atoms with van der Waals surface area (Å²) in [5, 5.41) is 2.88. The number of ether oxygens (including phenoxy) is 1. The molecule has 0 radical (unpaired) electrons. The number of halogens is 3. The summed E-state index contributed by atoms with van der Waals surface area (Å²) < 4.78 is 43.1. The third-order valence-electron chi connectivity index (χ3n) is 4.03. The van der Waals surface area contributed by atoms with Crippen LogP contribution in [0, 0.1) is 5.92 Å². The molecular formula is C17H24F3N3O2. The van der Waals surface area contributed by atoms with E-state index in [0.717, 1.165) is 18.7 Å². The van der Waals surface area contributed by atoms with Gasteiger partial charge in [-0.25, -0.2) is 4.98 Å². The van der Waals surface area contributed by atoms with Crippen molar-refractivity contribution in [3.05, 3.63) is 23.9 Å². The van der Waals surface area contributed by atoms with E-state index in [1.54, 1.807) is 0 Å². The standard InChI is InChI=1S/C17H24F3N3O2/c1-12(2)25-9-3-7-21-16(24)13-6-8-23(11-13)15-5-4-14(10-22-15)17(18,19)20/h4-5,10,12-13H,3,6-9,11H2,1-2H3,(H,21,24). The Balaban J connectivity index is 1.78. The van der Waals surface area contributed by atoms with E-state index in [4.69, 9.17) is 4.74 Å². The number of hydrogen-bond acceptors (Lipinski definition) is 4. The zero-order valence-electron chi connectivity index (χ0n) is 14.5. The van der Waals surface area contributed by atoms with Crippen molar-refractivity contribution in [1.29, 1.82) is 0 Å². The van der Waals surface area contributed by atoms with Gasteiger partial charge in [0.05, 0.1) is 17.6 Å². The molecule has 2 heterocycles. The minimum atomic E-state index is -4.39. The lowest BCUT2D eigenvalue weighted by molar-refractivity contribution is -0.137. The predicted molar refractivity (Wildman–Crippen MR) is 88.3 cm³/mol. The monoisotopic (exact) mass is 359 g/mol. The maximum Gasteiger partial charge on any atom is 0.417 e. The average Bonchev–Trinajstić information content (AvgIpc) is 3.03. The van der Waals surface area contributed by atoms with Gasteiger partial charge < -0.3 is 15.0 Å². The Labute approximate surface area is 145 Å². The first-order chi connectivity index (χ1) is 11.8. The van der Waals surface area contributed by atoms with Crippen molar-refractivity contribution < 1.29 is 22.7 Å². The van der Waals surface area contributed by atoms with Gasteiger partial charge in [0.2, 0.25) is 5.91 Å². The fourth-order valence-corrected chi connectivity index (χ4v) is 2.67. The van der Waals surface area contributed by atoms with Crippen LogP contribution in [0.1, 0.15) is 32.3 Å². The molecule has 0 aliphatic carbocycles. The van der Waals surface area contributed by atoms with Crippen LogP contribution >= 0.6 is 0 Å². The summed E-state index contributed by atoms with van der Waals surface area (Å²) in [6.45, 7) is 6.15. The van der Waals surface area contributed by atoms with Crippen molar-refractivity contribution in [2.75, 3.05) is 31.1 Å². The van der Waals surface area contributed by atoms with Gasteiger partial charge in [0.25, 0.3) is 0 Å². The van der Waals surface area contributed by atoms with Gasteiger partial charge in [-0.3, -0.25) is 4.79 Å². The zero-order valence-corrected chi connectivity index (χ0v) is 14.5. The molecule has 140 valence electrons. The fraction of sp³-hybridized carbons (Fsp3) is 0.647. The molecule has 1 unspecified atom stereocenters.